The molecule has 0 fully saturated rings. The van der Waals surface area contributed by atoms with Gasteiger partial charge in [0.05, 0.1) is 6.61 Å². The molecule has 144 valence electrons. The first-order valence-corrected chi connectivity index (χ1v) is 8.93. The summed E-state index contributed by atoms with van der Waals surface area (Å²) in [6.45, 7) is 5.50. The summed E-state index contributed by atoms with van der Waals surface area (Å²) in [5.74, 6) is 0.115. The van der Waals surface area contributed by atoms with Crippen LogP contribution in [-0.4, -0.2) is 30.7 Å². The van der Waals surface area contributed by atoms with Gasteiger partial charge in [0.1, 0.15) is 11.5 Å². The van der Waals surface area contributed by atoms with E-state index in [-0.39, 0.29) is 0 Å². The van der Waals surface area contributed by atoms with Crippen molar-refractivity contribution in [3.63, 3.8) is 0 Å². The second kappa shape index (κ2) is 9.83. The van der Waals surface area contributed by atoms with Gasteiger partial charge >= 0.3 is 5.97 Å². The molecule has 27 heavy (non-hydrogen) atoms. The highest BCUT2D eigenvalue weighted by Crippen LogP contribution is 2.18. The van der Waals surface area contributed by atoms with E-state index in [2.05, 4.69) is 5.32 Å². The number of ether oxygens (including phenoxy) is 3. The topological polar surface area (TPSA) is 73.9 Å². The van der Waals surface area contributed by atoms with Crippen LogP contribution < -0.4 is 14.8 Å². The molecule has 0 aliphatic rings. The van der Waals surface area contributed by atoms with E-state index in [0.29, 0.717) is 28.8 Å². The fraction of sp³-hybridized carbons (Fsp3) is 0.300. The van der Waals surface area contributed by atoms with Crippen molar-refractivity contribution in [3.8, 4) is 11.5 Å². The van der Waals surface area contributed by atoms with Gasteiger partial charge in [-0.25, -0.2) is 4.79 Å². The number of hydrogen-bond donors (Lipinski definition) is 1. The summed E-state index contributed by atoms with van der Waals surface area (Å²) in [6, 6.07) is 13.5. The molecule has 0 saturated carbocycles. The molecule has 1 N–H and O–H groups in total. The minimum absolute atomic E-state index is 0.439. The first-order valence-electron chi connectivity index (χ1n) is 8.55. The largest absolute Gasteiger partial charge is 0.494 e. The molecule has 2 rings (SSSR count). The van der Waals surface area contributed by atoms with E-state index in [1.807, 2.05) is 6.92 Å². The summed E-state index contributed by atoms with van der Waals surface area (Å²) in [7, 11) is 0. The number of halogens is 1. The highest BCUT2D eigenvalue weighted by atomic mass is 35.5. The SMILES string of the molecule is CCOc1ccc(NC(=O)[C@H](C)OC(=O)[C@H](C)Oc2ccc(Cl)cc2)cc1. The highest BCUT2D eigenvalue weighted by molar-refractivity contribution is 6.30. The molecule has 0 spiro atoms. The maximum Gasteiger partial charge on any atom is 0.347 e. The standard InChI is InChI=1S/C20H22ClNO5/c1-4-25-17-11-7-16(8-12-17)22-19(23)13(2)27-20(24)14(3)26-18-9-5-15(21)6-10-18/h5-14H,4H2,1-3H3,(H,22,23)/t13-,14-/m0/s1. The molecule has 1 amide bonds. The van der Waals surface area contributed by atoms with Crippen LogP contribution >= 0.6 is 11.6 Å². The summed E-state index contributed by atoms with van der Waals surface area (Å²) in [5, 5.41) is 3.25. The molecular weight excluding hydrogens is 370 g/mol. The third-order valence-corrected chi connectivity index (χ3v) is 3.81. The number of benzene rings is 2. The van der Waals surface area contributed by atoms with Gasteiger partial charge in [0.25, 0.3) is 5.91 Å². The van der Waals surface area contributed by atoms with Gasteiger partial charge in [-0.1, -0.05) is 11.6 Å². The van der Waals surface area contributed by atoms with Crippen molar-refractivity contribution < 1.29 is 23.8 Å². The lowest BCUT2D eigenvalue weighted by Crippen LogP contribution is -2.35. The Hall–Kier alpha value is -2.73. The second-order valence-corrected chi connectivity index (χ2v) is 6.18. The minimum Gasteiger partial charge on any atom is -0.494 e. The van der Waals surface area contributed by atoms with Gasteiger partial charge in [-0.2, -0.15) is 0 Å². The molecule has 0 saturated heterocycles. The third-order valence-electron chi connectivity index (χ3n) is 3.55. The van der Waals surface area contributed by atoms with Crippen molar-refractivity contribution in [2.24, 2.45) is 0 Å². The van der Waals surface area contributed by atoms with Crippen LogP contribution in [0.2, 0.25) is 5.02 Å². The quantitative estimate of drug-likeness (QED) is 0.686. The molecule has 2 aromatic carbocycles. The van der Waals surface area contributed by atoms with E-state index in [1.54, 1.807) is 55.5 Å². The maximum atomic E-state index is 12.2. The summed E-state index contributed by atoms with van der Waals surface area (Å²) in [6.07, 6.45) is -1.84. The average Bonchev–Trinajstić information content (AvgIpc) is 2.65. The fourth-order valence-electron chi connectivity index (χ4n) is 2.13. The van der Waals surface area contributed by atoms with E-state index in [1.165, 1.54) is 6.92 Å². The van der Waals surface area contributed by atoms with Gasteiger partial charge < -0.3 is 19.5 Å². The van der Waals surface area contributed by atoms with Crippen LogP contribution in [0.15, 0.2) is 48.5 Å². The lowest BCUT2D eigenvalue weighted by atomic mass is 10.2. The molecule has 2 atom stereocenters. The van der Waals surface area contributed by atoms with E-state index in [4.69, 9.17) is 25.8 Å². The Kier molecular flexibility index (Phi) is 7.49. The maximum absolute atomic E-state index is 12.2. The smallest absolute Gasteiger partial charge is 0.347 e. The number of hydrogen-bond acceptors (Lipinski definition) is 5. The number of nitrogens with one attached hydrogen (secondary N) is 1. The normalized spacial score (nSPS) is 12.6. The van der Waals surface area contributed by atoms with Crippen molar-refractivity contribution >= 4 is 29.2 Å². The summed E-state index contributed by atoms with van der Waals surface area (Å²) in [5.41, 5.74) is 0.580. The first-order chi connectivity index (χ1) is 12.9. The predicted octanol–water partition coefficient (Wildman–Crippen LogP) is 4.08. The molecule has 0 aromatic heterocycles. The van der Waals surface area contributed by atoms with Crippen molar-refractivity contribution in [2.75, 3.05) is 11.9 Å². The Morgan fingerprint density at radius 3 is 2.15 bits per heavy atom. The number of esters is 1. The van der Waals surface area contributed by atoms with Gasteiger partial charge in [-0.05, 0) is 69.3 Å². The summed E-state index contributed by atoms with van der Waals surface area (Å²) in [4.78, 5) is 24.3. The molecule has 2 aromatic rings. The zero-order valence-electron chi connectivity index (χ0n) is 15.4. The van der Waals surface area contributed by atoms with Gasteiger partial charge in [0, 0.05) is 10.7 Å². The first kappa shape index (κ1) is 20.6. The van der Waals surface area contributed by atoms with Gasteiger partial charge in [-0.3, -0.25) is 4.79 Å². The van der Waals surface area contributed by atoms with E-state index >= 15 is 0 Å². The van der Waals surface area contributed by atoms with Gasteiger partial charge in [-0.15, -0.1) is 0 Å². The number of carbonyl (C=O) groups excluding carboxylic acids is 2. The van der Waals surface area contributed by atoms with Crippen molar-refractivity contribution in [1.82, 2.24) is 0 Å². The fourth-order valence-corrected chi connectivity index (χ4v) is 2.26. The predicted molar refractivity (Wildman–Crippen MR) is 103 cm³/mol. The molecule has 6 nitrogen and oxygen atoms in total. The third kappa shape index (κ3) is 6.49. The van der Waals surface area contributed by atoms with Crippen LogP contribution in [0.3, 0.4) is 0 Å². The van der Waals surface area contributed by atoms with Crippen molar-refractivity contribution in [2.45, 2.75) is 33.0 Å². The van der Waals surface area contributed by atoms with Crippen LogP contribution in [0, 0.1) is 0 Å². The van der Waals surface area contributed by atoms with Gasteiger partial charge in [0.15, 0.2) is 12.2 Å². The Morgan fingerprint density at radius 1 is 0.963 bits per heavy atom. The monoisotopic (exact) mass is 391 g/mol. The van der Waals surface area contributed by atoms with E-state index < -0.39 is 24.1 Å². The lowest BCUT2D eigenvalue weighted by molar-refractivity contribution is -0.159. The molecule has 0 aliphatic carbocycles. The van der Waals surface area contributed by atoms with Crippen molar-refractivity contribution in [1.29, 1.82) is 0 Å². The molecule has 0 aliphatic heterocycles. The molecular formula is C20H22ClNO5. The van der Waals surface area contributed by atoms with Crippen LogP contribution in [0.5, 0.6) is 11.5 Å². The number of carbonyl (C=O) groups is 2. The molecule has 0 radical (unpaired) electrons. The highest BCUT2D eigenvalue weighted by Gasteiger charge is 2.23. The zero-order chi connectivity index (χ0) is 19.8. The van der Waals surface area contributed by atoms with Crippen molar-refractivity contribution in [3.05, 3.63) is 53.6 Å². The zero-order valence-corrected chi connectivity index (χ0v) is 16.2. The lowest BCUT2D eigenvalue weighted by Gasteiger charge is -2.18. The minimum atomic E-state index is -0.972. The van der Waals surface area contributed by atoms with E-state index in [0.717, 1.165) is 0 Å². The Morgan fingerprint density at radius 2 is 1.56 bits per heavy atom. The molecule has 0 unspecified atom stereocenters. The Bertz CT molecular complexity index is 761. The second-order valence-electron chi connectivity index (χ2n) is 5.74. The van der Waals surface area contributed by atoms with E-state index in [9.17, 15) is 9.59 Å². The number of anilines is 1. The average molecular weight is 392 g/mol. The van der Waals surface area contributed by atoms with Crippen LogP contribution in [0.1, 0.15) is 20.8 Å². The number of amides is 1. The van der Waals surface area contributed by atoms with Crippen LogP contribution in [0.4, 0.5) is 5.69 Å². The summed E-state index contributed by atoms with van der Waals surface area (Å²) < 4.78 is 16.0. The number of rotatable bonds is 8. The molecule has 7 heteroatoms. The Balaban J connectivity index is 1.85. The van der Waals surface area contributed by atoms with Crippen LogP contribution in [0.25, 0.3) is 0 Å². The summed E-state index contributed by atoms with van der Waals surface area (Å²) >= 11 is 5.81. The molecule has 0 bridgehead atoms. The Labute approximate surface area is 163 Å². The van der Waals surface area contributed by atoms with Crippen LogP contribution in [-0.2, 0) is 14.3 Å². The molecule has 0 heterocycles. The van der Waals surface area contributed by atoms with Gasteiger partial charge in [0.2, 0.25) is 0 Å².